The van der Waals surface area contributed by atoms with E-state index in [1.54, 1.807) is 4.90 Å². The average molecular weight is 518 g/mol. The maximum Gasteiger partial charge on any atom is 0.410 e. The molecule has 37 heavy (non-hydrogen) atoms. The molecule has 0 aliphatic carbocycles. The van der Waals surface area contributed by atoms with Gasteiger partial charge in [0.25, 0.3) is 0 Å². The summed E-state index contributed by atoms with van der Waals surface area (Å²) in [6.07, 6.45) is 0.590. The predicted molar refractivity (Wildman–Crippen MR) is 141 cm³/mol. The minimum absolute atomic E-state index is 0.0741. The molecule has 2 atom stereocenters. The standard InChI is InChI=1S/C28H43N3O6/c1-18(2)17-21(24(33)34)29-23(32)22(19(3)4)30-25(35)28(20-11-9-8-10-12-20)13-15-31(16-14-28)26(36)37-27(5,6)7/h8-12,18-19,21-22H,13-17H2,1-7H3,(H,29,32)(H,30,35)(H,33,34)/t21-,22+/m0/s1. The van der Waals surface area contributed by atoms with Gasteiger partial charge in [-0.2, -0.15) is 0 Å². The first-order valence-electron chi connectivity index (χ1n) is 13.0. The van der Waals surface area contributed by atoms with Gasteiger partial charge in [-0.25, -0.2) is 9.59 Å². The fourth-order valence-electron chi connectivity index (χ4n) is 4.57. The summed E-state index contributed by atoms with van der Waals surface area (Å²) in [7, 11) is 0. The summed E-state index contributed by atoms with van der Waals surface area (Å²) in [5, 5.41) is 15.1. The molecule has 9 nitrogen and oxygen atoms in total. The summed E-state index contributed by atoms with van der Waals surface area (Å²) >= 11 is 0. The summed E-state index contributed by atoms with van der Waals surface area (Å²) in [4.78, 5) is 53.0. The zero-order valence-electron chi connectivity index (χ0n) is 23.2. The van der Waals surface area contributed by atoms with Gasteiger partial charge in [-0.05, 0) is 57.4 Å². The lowest BCUT2D eigenvalue weighted by Crippen LogP contribution is -2.59. The molecule has 206 valence electrons. The number of aliphatic carboxylic acids is 1. The molecule has 3 amide bonds. The van der Waals surface area contributed by atoms with Crippen molar-refractivity contribution >= 4 is 23.9 Å². The van der Waals surface area contributed by atoms with Gasteiger partial charge < -0.3 is 25.4 Å². The van der Waals surface area contributed by atoms with Crippen LogP contribution in [-0.2, 0) is 24.5 Å². The van der Waals surface area contributed by atoms with Gasteiger partial charge in [0.2, 0.25) is 11.8 Å². The largest absolute Gasteiger partial charge is 0.480 e. The molecule has 0 unspecified atom stereocenters. The van der Waals surface area contributed by atoms with Gasteiger partial charge in [-0.1, -0.05) is 58.0 Å². The van der Waals surface area contributed by atoms with Crippen LogP contribution in [0.3, 0.4) is 0 Å². The second-order valence-electron chi connectivity index (χ2n) is 11.6. The summed E-state index contributed by atoms with van der Waals surface area (Å²) in [6.45, 7) is 13.5. The first-order valence-corrected chi connectivity index (χ1v) is 13.0. The van der Waals surface area contributed by atoms with E-state index in [9.17, 15) is 24.3 Å². The van der Waals surface area contributed by atoms with E-state index in [4.69, 9.17) is 4.74 Å². The smallest absolute Gasteiger partial charge is 0.410 e. The van der Waals surface area contributed by atoms with E-state index in [1.165, 1.54) is 0 Å². The maximum absolute atomic E-state index is 13.9. The molecule has 1 fully saturated rings. The Kier molecular flexibility index (Phi) is 10.1. The second kappa shape index (κ2) is 12.4. The maximum atomic E-state index is 13.9. The molecule has 0 saturated carbocycles. The van der Waals surface area contributed by atoms with E-state index in [1.807, 2.05) is 78.8 Å². The lowest BCUT2D eigenvalue weighted by Gasteiger charge is -2.42. The van der Waals surface area contributed by atoms with Crippen LogP contribution in [0.25, 0.3) is 0 Å². The highest BCUT2D eigenvalue weighted by Crippen LogP contribution is 2.36. The highest BCUT2D eigenvalue weighted by molar-refractivity contribution is 5.94. The Hall–Kier alpha value is -3.10. The summed E-state index contributed by atoms with van der Waals surface area (Å²) in [6, 6.07) is 7.42. The third kappa shape index (κ3) is 8.20. The molecule has 1 saturated heterocycles. The molecule has 3 N–H and O–H groups in total. The van der Waals surface area contributed by atoms with Crippen LogP contribution in [0.15, 0.2) is 30.3 Å². The SMILES string of the molecule is CC(C)C[C@H](NC(=O)[C@H](NC(=O)C1(c2ccccc2)CCN(C(=O)OC(C)(C)C)CC1)C(C)C)C(=O)O. The molecule has 1 aromatic carbocycles. The fourth-order valence-corrected chi connectivity index (χ4v) is 4.57. The van der Waals surface area contributed by atoms with Gasteiger partial charge in [-0.15, -0.1) is 0 Å². The van der Waals surface area contributed by atoms with Gasteiger partial charge in [0, 0.05) is 13.1 Å². The zero-order chi connectivity index (χ0) is 28.0. The van der Waals surface area contributed by atoms with E-state index in [0.717, 1.165) is 5.56 Å². The molecule has 1 aromatic rings. The fraction of sp³-hybridized carbons (Fsp3) is 0.643. The van der Waals surface area contributed by atoms with Crippen LogP contribution in [0.1, 0.15) is 73.3 Å². The molecule has 0 aromatic heterocycles. The monoisotopic (exact) mass is 517 g/mol. The zero-order valence-corrected chi connectivity index (χ0v) is 23.2. The quantitative estimate of drug-likeness (QED) is 0.459. The number of amides is 3. The van der Waals surface area contributed by atoms with Crippen LogP contribution in [0, 0.1) is 11.8 Å². The van der Waals surface area contributed by atoms with Gasteiger partial charge in [-0.3, -0.25) is 9.59 Å². The van der Waals surface area contributed by atoms with Gasteiger partial charge in [0.05, 0.1) is 5.41 Å². The number of piperidine rings is 1. The Labute approximate surface area is 220 Å². The average Bonchev–Trinajstić information content (AvgIpc) is 2.80. The van der Waals surface area contributed by atoms with Crippen LogP contribution in [0.4, 0.5) is 4.79 Å². The highest BCUT2D eigenvalue weighted by atomic mass is 16.6. The number of benzene rings is 1. The van der Waals surface area contributed by atoms with Crippen molar-refractivity contribution in [1.82, 2.24) is 15.5 Å². The topological polar surface area (TPSA) is 125 Å². The first-order chi connectivity index (χ1) is 17.2. The van der Waals surface area contributed by atoms with Crippen molar-refractivity contribution in [3.05, 3.63) is 35.9 Å². The van der Waals surface area contributed by atoms with Crippen molar-refractivity contribution in [3.8, 4) is 0 Å². The number of carboxylic acids is 1. The Morgan fingerprint density at radius 2 is 1.57 bits per heavy atom. The number of hydrogen-bond acceptors (Lipinski definition) is 5. The molecule has 1 heterocycles. The molecule has 9 heteroatoms. The minimum Gasteiger partial charge on any atom is -0.480 e. The summed E-state index contributed by atoms with van der Waals surface area (Å²) in [5.41, 5.74) is -0.761. The van der Waals surface area contributed by atoms with Crippen molar-refractivity contribution in [3.63, 3.8) is 0 Å². The number of nitrogens with one attached hydrogen (secondary N) is 2. The van der Waals surface area contributed by atoms with Crippen LogP contribution in [-0.4, -0.2) is 64.7 Å². The van der Waals surface area contributed by atoms with Crippen LogP contribution >= 0.6 is 0 Å². The second-order valence-corrected chi connectivity index (χ2v) is 11.6. The van der Waals surface area contributed by atoms with Gasteiger partial charge in [0.15, 0.2) is 0 Å². The number of carbonyl (C=O) groups is 4. The predicted octanol–water partition coefficient (Wildman–Crippen LogP) is 3.71. The summed E-state index contributed by atoms with van der Waals surface area (Å²) < 4.78 is 5.51. The van der Waals surface area contributed by atoms with Crippen LogP contribution in [0.2, 0.25) is 0 Å². The molecular formula is C28H43N3O6. The van der Waals surface area contributed by atoms with Crippen LogP contribution < -0.4 is 10.6 Å². The Balaban J connectivity index is 2.27. The summed E-state index contributed by atoms with van der Waals surface area (Å²) in [5.74, 6) is -2.14. The molecule has 1 aliphatic rings. The number of likely N-dealkylation sites (tertiary alicyclic amines) is 1. The van der Waals surface area contributed by atoms with Crippen molar-refractivity contribution in [2.24, 2.45) is 11.8 Å². The Morgan fingerprint density at radius 3 is 2.03 bits per heavy atom. The number of carboxylic acid groups (broad SMARTS) is 1. The number of rotatable bonds is 9. The highest BCUT2D eigenvalue weighted by Gasteiger charge is 2.45. The molecule has 1 aliphatic heterocycles. The molecule has 0 radical (unpaired) electrons. The third-order valence-electron chi connectivity index (χ3n) is 6.59. The lowest BCUT2D eigenvalue weighted by atomic mass is 9.71. The molecule has 2 rings (SSSR count). The first kappa shape index (κ1) is 30.1. The Morgan fingerprint density at radius 1 is 1.00 bits per heavy atom. The van der Waals surface area contributed by atoms with E-state index < -0.39 is 41.1 Å². The van der Waals surface area contributed by atoms with Crippen molar-refractivity contribution in [2.75, 3.05) is 13.1 Å². The molecule has 0 spiro atoms. The molecular weight excluding hydrogens is 474 g/mol. The number of nitrogens with zero attached hydrogens (tertiary/aromatic N) is 1. The minimum atomic E-state index is -1.11. The van der Waals surface area contributed by atoms with Crippen molar-refractivity contribution in [1.29, 1.82) is 0 Å². The van der Waals surface area contributed by atoms with Crippen molar-refractivity contribution < 1.29 is 29.0 Å². The third-order valence-corrected chi connectivity index (χ3v) is 6.59. The van der Waals surface area contributed by atoms with E-state index in [0.29, 0.717) is 25.9 Å². The number of hydrogen-bond donors (Lipinski definition) is 3. The number of ether oxygens (including phenoxy) is 1. The lowest BCUT2D eigenvalue weighted by molar-refractivity contribution is -0.143. The molecule has 0 bridgehead atoms. The van der Waals surface area contributed by atoms with Crippen LogP contribution in [0.5, 0.6) is 0 Å². The Bertz CT molecular complexity index is 946. The van der Waals surface area contributed by atoms with E-state index in [-0.39, 0.29) is 24.2 Å². The van der Waals surface area contributed by atoms with E-state index in [2.05, 4.69) is 10.6 Å². The van der Waals surface area contributed by atoms with E-state index >= 15 is 0 Å². The van der Waals surface area contributed by atoms with Crippen molar-refractivity contribution in [2.45, 2.75) is 90.8 Å². The normalized spacial score (nSPS) is 17.2. The van der Waals surface area contributed by atoms with Gasteiger partial charge >= 0.3 is 12.1 Å². The van der Waals surface area contributed by atoms with Gasteiger partial charge in [0.1, 0.15) is 17.7 Å². The number of carbonyl (C=O) groups excluding carboxylic acids is 3.